The first-order valence-corrected chi connectivity index (χ1v) is 10.6. The average molecular weight is 391 g/mol. The van der Waals surface area contributed by atoms with Crippen LogP contribution >= 0.6 is 0 Å². The lowest BCUT2D eigenvalue weighted by Gasteiger charge is -2.26. The molecule has 0 saturated carbocycles. The normalized spacial score (nSPS) is 16.3. The third-order valence-corrected chi connectivity index (χ3v) is 6.47. The Morgan fingerprint density at radius 3 is 2.52 bits per heavy atom. The van der Waals surface area contributed by atoms with Crippen LogP contribution in [-0.2, 0) is 23.1 Å². The van der Waals surface area contributed by atoms with E-state index in [-0.39, 0.29) is 0 Å². The fraction of sp³-hybridized carbons (Fsp3) is 0.421. The molecule has 1 saturated heterocycles. The molecule has 1 aliphatic heterocycles. The van der Waals surface area contributed by atoms with Crippen molar-refractivity contribution in [3.8, 4) is 0 Å². The molecule has 2 heterocycles. The molecule has 0 atom stereocenters. The first kappa shape index (κ1) is 19.4. The number of hydrogen-bond donors (Lipinski definition) is 2. The van der Waals surface area contributed by atoms with E-state index in [2.05, 4.69) is 15.6 Å². The highest BCUT2D eigenvalue weighted by Gasteiger charge is 2.25. The van der Waals surface area contributed by atoms with Crippen LogP contribution in [0.5, 0.6) is 0 Å². The van der Waals surface area contributed by atoms with E-state index in [0.29, 0.717) is 37.0 Å². The minimum Gasteiger partial charge on any atom is -0.472 e. The Labute approximate surface area is 160 Å². The Morgan fingerprint density at radius 1 is 1.11 bits per heavy atom. The molecule has 146 valence electrons. The SMILES string of the molecule is CN=C(NCc1ccoc1)NCc1cccc(S(=O)(=O)N2CCCCC2)c1. The zero-order chi connectivity index (χ0) is 19.1. The molecular weight excluding hydrogens is 364 g/mol. The predicted octanol–water partition coefficient (Wildman–Crippen LogP) is 2.32. The molecule has 1 aromatic carbocycles. The monoisotopic (exact) mass is 390 g/mol. The molecule has 1 aliphatic rings. The lowest BCUT2D eigenvalue weighted by molar-refractivity contribution is 0.346. The summed E-state index contributed by atoms with van der Waals surface area (Å²) in [5, 5.41) is 6.40. The average Bonchev–Trinajstić information content (AvgIpc) is 3.23. The lowest BCUT2D eigenvalue weighted by Crippen LogP contribution is -2.36. The van der Waals surface area contributed by atoms with Gasteiger partial charge in [-0.3, -0.25) is 4.99 Å². The Morgan fingerprint density at radius 2 is 1.85 bits per heavy atom. The maximum atomic E-state index is 12.8. The van der Waals surface area contributed by atoms with Crippen molar-refractivity contribution in [3.05, 3.63) is 54.0 Å². The van der Waals surface area contributed by atoms with E-state index in [1.807, 2.05) is 12.1 Å². The van der Waals surface area contributed by atoms with E-state index in [1.54, 1.807) is 42.1 Å². The van der Waals surface area contributed by atoms with Gasteiger partial charge in [-0.1, -0.05) is 18.6 Å². The number of hydrogen-bond acceptors (Lipinski definition) is 4. The Bertz CT molecular complexity index is 857. The molecule has 0 spiro atoms. The van der Waals surface area contributed by atoms with Gasteiger partial charge >= 0.3 is 0 Å². The number of rotatable bonds is 6. The third-order valence-electron chi connectivity index (χ3n) is 4.57. The predicted molar refractivity (Wildman–Crippen MR) is 105 cm³/mol. The van der Waals surface area contributed by atoms with Crippen molar-refractivity contribution < 1.29 is 12.8 Å². The Kier molecular flexibility index (Phi) is 6.52. The van der Waals surface area contributed by atoms with Gasteiger partial charge in [0.1, 0.15) is 0 Å². The van der Waals surface area contributed by atoms with Gasteiger partial charge in [0.15, 0.2) is 5.96 Å². The molecule has 2 N–H and O–H groups in total. The summed E-state index contributed by atoms with van der Waals surface area (Å²) in [5.41, 5.74) is 1.91. The number of aliphatic imine (C=N–C) groups is 1. The van der Waals surface area contributed by atoms with E-state index in [1.165, 1.54) is 0 Å². The largest absolute Gasteiger partial charge is 0.472 e. The van der Waals surface area contributed by atoms with Gasteiger partial charge < -0.3 is 15.1 Å². The smallest absolute Gasteiger partial charge is 0.243 e. The lowest BCUT2D eigenvalue weighted by atomic mass is 10.2. The maximum absolute atomic E-state index is 12.8. The zero-order valence-corrected chi connectivity index (χ0v) is 16.3. The van der Waals surface area contributed by atoms with Crippen LogP contribution in [0.25, 0.3) is 0 Å². The molecule has 0 bridgehead atoms. The van der Waals surface area contributed by atoms with E-state index in [9.17, 15) is 8.42 Å². The van der Waals surface area contributed by atoms with Crippen molar-refractivity contribution in [2.75, 3.05) is 20.1 Å². The molecule has 27 heavy (non-hydrogen) atoms. The van der Waals surface area contributed by atoms with Crippen LogP contribution in [0.2, 0.25) is 0 Å². The van der Waals surface area contributed by atoms with Gasteiger partial charge in [0, 0.05) is 38.8 Å². The minimum atomic E-state index is -3.42. The number of benzene rings is 1. The molecule has 0 unspecified atom stereocenters. The fourth-order valence-corrected chi connectivity index (χ4v) is 4.64. The van der Waals surface area contributed by atoms with Gasteiger partial charge in [-0.25, -0.2) is 8.42 Å². The molecule has 0 radical (unpaired) electrons. The molecule has 1 aromatic heterocycles. The van der Waals surface area contributed by atoms with Gasteiger partial charge in [0.2, 0.25) is 10.0 Å². The van der Waals surface area contributed by atoms with Crippen LogP contribution in [0.4, 0.5) is 0 Å². The molecule has 0 aliphatic carbocycles. The van der Waals surface area contributed by atoms with Crippen molar-refractivity contribution in [1.82, 2.24) is 14.9 Å². The standard InChI is InChI=1S/C19H26N4O3S/c1-20-19(22-14-17-8-11-26-15-17)21-13-16-6-5-7-18(12-16)27(24,25)23-9-3-2-4-10-23/h5-8,11-12,15H,2-4,9-10,13-14H2,1H3,(H2,20,21,22). The Balaban J connectivity index is 1.61. The third kappa shape index (κ3) is 5.11. The molecule has 2 aromatic rings. The van der Waals surface area contributed by atoms with Crippen molar-refractivity contribution in [2.24, 2.45) is 4.99 Å². The van der Waals surface area contributed by atoms with E-state index < -0.39 is 10.0 Å². The zero-order valence-electron chi connectivity index (χ0n) is 15.5. The van der Waals surface area contributed by atoms with E-state index >= 15 is 0 Å². The van der Waals surface area contributed by atoms with Crippen LogP contribution < -0.4 is 10.6 Å². The summed E-state index contributed by atoms with van der Waals surface area (Å²) in [6.45, 7) is 2.29. The summed E-state index contributed by atoms with van der Waals surface area (Å²) in [4.78, 5) is 4.54. The van der Waals surface area contributed by atoms with Crippen molar-refractivity contribution in [1.29, 1.82) is 0 Å². The second kappa shape index (κ2) is 9.05. The summed E-state index contributed by atoms with van der Waals surface area (Å²) in [6, 6.07) is 8.98. The molecule has 1 fully saturated rings. The number of guanidine groups is 1. The van der Waals surface area contributed by atoms with E-state index in [4.69, 9.17) is 4.42 Å². The van der Waals surface area contributed by atoms with Crippen LogP contribution in [0.15, 0.2) is 57.2 Å². The minimum absolute atomic E-state index is 0.352. The molecule has 7 nitrogen and oxygen atoms in total. The highest BCUT2D eigenvalue weighted by Crippen LogP contribution is 2.21. The summed E-state index contributed by atoms with van der Waals surface area (Å²) < 4.78 is 32.3. The summed E-state index contributed by atoms with van der Waals surface area (Å²) in [5.74, 6) is 0.639. The molecule has 0 amide bonds. The van der Waals surface area contributed by atoms with Crippen molar-refractivity contribution >= 4 is 16.0 Å². The second-order valence-corrected chi connectivity index (χ2v) is 8.46. The molecule has 3 rings (SSSR count). The second-order valence-electron chi connectivity index (χ2n) is 6.52. The van der Waals surface area contributed by atoms with Gasteiger partial charge in [0.25, 0.3) is 0 Å². The van der Waals surface area contributed by atoms with Crippen LogP contribution in [0.1, 0.15) is 30.4 Å². The van der Waals surface area contributed by atoms with Gasteiger partial charge in [-0.2, -0.15) is 4.31 Å². The summed E-state index contributed by atoms with van der Waals surface area (Å²) in [6.07, 6.45) is 6.26. The maximum Gasteiger partial charge on any atom is 0.243 e. The topological polar surface area (TPSA) is 86.9 Å². The fourth-order valence-electron chi connectivity index (χ4n) is 3.06. The highest BCUT2D eigenvalue weighted by atomic mass is 32.2. The van der Waals surface area contributed by atoms with Crippen molar-refractivity contribution in [2.45, 2.75) is 37.2 Å². The van der Waals surface area contributed by atoms with Crippen LogP contribution in [-0.4, -0.2) is 38.8 Å². The number of nitrogens with one attached hydrogen (secondary N) is 2. The number of sulfonamides is 1. The number of piperidine rings is 1. The number of furan rings is 1. The van der Waals surface area contributed by atoms with Crippen molar-refractivity contribution in [3.63, 3.8) is 0 Å². The van der Waals surface area contributed by atoms with Gasteiger partial charge in [-0.05, 0) is 36.6 Å². The van der Waals surface area contributed by atoms with Crippen LogP contribution in [0.3, 0.4) is 0 Å². The van der Waals surface area contributed by atoms with Crippen LogP contribution in [0, 0.1) is 0 Å². The highest BCUT2D eigenvalue weighted by molar-refractivity contribution is 7.89. The molecular formula is C19H26N4O3S. The summed E-state index contributed by atoms with van der Waals surface area (Å²) in [7, 11) is -1.72. The number of nitrogens with zero attached hydrogens (tertiary/aromatic N) is 2. The first-order valence-electron chi connectivity index (χ1n) is 9.14. The Hall–Kier alpha value is -2.32. The van der Waals surface area contributed by atoms with Gasteiger partial charge in [-0.15, -0.1) is 0 Å². The molecule has 8 heteroatoms. The quantitative estimate of drug-likeness (QED) is 0.584. The van der Waals surface area contributed by atoms with Gasteiger partial charge in [0.05, 0.1) is 17.4 Å². The first-order chi connectivity index (χ1) is 13.1. The van der Waals surface area contributed by atoms with E-state index in [0.717, 1.165) is 30.4 Å². The summed E-state index contributed by atoms with van der Waals surface area (Å²) >= 11 is 0.